The largest absolute Gasteiger partial charge is 0.461 e. The van der Waals surface area contributed by atoms with Crippen molar-refractivity contribution in [2.24, 2.45) is 11.3 Å². The molecule has 1 aromatic rings. The van der Waals surface area contributed by atoms with Gasteiger partial charge in [-0.15, -0.1) is 0 Å². The van der Waals surface area contributed by atoms with Gasteiger partial charge in [-0.1, -0.05) is 49.6 Å². The number of cyclic esters (lactones) is 1. The maximum absolute atomic E-state index is 12.1. The molecule has 1 saturated heterocycles. The fraction of sp³-hybridized carbons (Fsp3) is 0.556. The summed E-state index contributed by atoms with van der Waals surface area (Å²) in [6, 6.07) is 12.5. The highest BCUT2D eigenvalue weighted by Crippen LogP contribution is 2.52. The molecule has 3 heteroatoms. The Hall–Kier alpha value is -1.82. The molecule has 3 rings (SSSR count). The highest BCUT2D eigenvalue weighted by molar-refractivity contribution is 5.79. The molecule has 2 aliphatic rings. The minimum atomic E-state index is -0.557. The van der Waals surface area contributed by atoms with Crippen molar-refractivity contribution in [1.82, 2.24) is 0 Å². The molecule has 0 radical (unpaired) electrons. The van der Waals surface area contributed by atoms with Gasteiger partial charge in [0, 0.05) is 5.41 Å². The quantitative estimate of drug-likeness (QED) is 0.796. The smallest absolute Gasteiger partial charge is 0.324 e. The van der Waals surface area contributed by atoms with E-state index in [-0.39, 0.29) is 17.5 Å². The van der Waals surface area contributed by atoms with Crippen molar-refractivity contribution in [2.45, 2.75) is 51.0 Å². The van der Waals surface area contributed by atoms with Gasteiger partial charge in [0.05, 0.1) is 6.07 Å². The Morgan fingerprint density at radius 3 is 2.57 bits per heavy atom. The Morgan fingerprint density at radius 1 is 1.19 bits per heavy atom. The van der Waals surface area contributed by atoms with Gasteiger partial charge < -0.3 is 4.74 Å². The first kappa shape index (κ1) is 14.1. The van der Waals surface area contributed by atoms with Crippen LogP contribution in [0.15, 0.2) is 30.3 Å². The Morgan fingerprint density at radius 2 is 1.90 bits per heavy atom. The number of nitrogens with zero attached hydrogens (tertiary/aromatic N) is 1. The van der Waals surface area contributed by atoms with Crippen LogP contribution < -0.4 is 0 Å². The fourth-order valence-electron chi connectivity index (χ4n) is 4.04. The van der Waals surface area contributed by atoms with Gasteiger partial charge in [-0.2, -0.15) is 5.26 Å². The number of ether oxygens (including phenoxy) is 1. The first-order chi connectivity index (χ1) is 10.3. The number of carbonyl (C=O) groups is 1. The SMILES string of the molecule is N#C[C@@H]1C(=O)O[C@@H](CCc2ccccc2)C12CCCCC2. The molecule has 0 bridgehead atoms. The number of esters is 1. The van der Waals surface area contributed by atoms with Gasteiger partial charge in [0.25, 0.3) is 0 Å². The lowest BCUT2D eigenvalue weighted by molar-refractivity contribution is -0.143. The molecule has 2 atom stereocenters. The van der Waals surface area contributed by atoms with Crippen LogP contribution in [0.1, 0.15) is 44.1 Å². The van der Waals surface area contributed by atoms with Crippen molar-refractivity contribution in [3.05, 3.63) is 35.9 Å². The molecule has 1 saturated carbocycles. The molecule has 1 aromatic carbocycles. The Balaban J connectivity index is 1.77. The summed E-state index contributed by atoms with van der Waals surface area (Å²) in [5.41, 5.74) is 1.04. The minimum absolute atomic E-state index is 0.0878. The highest BCUT2D eigenvalue weighted by Gasteiger charge is 2.57. The number of rotatable bonds is 3. The van der Waals surface area contributed by atoms with Gasteiger partial charge in [-0.05, 0) is 31.2 Å². The van der Waals surface area contributed by atoms with Crippen LogP contribution in [-0.4, -0.2) is 12.1 Å². The summed E-state index contributed by atoms with van der Waals surface area (Å²) >= 11 is 0. The average Bonchev–Trinajstić information content (AvgIpc) is 2.78. The molecule has 0 amide bonds. The molecular weight excluding hydrogens is 262 g/mol. The summed E-state index contributed by atoms with van der Waals surface area (Å²) in [5, 5.41) is 9.41. The molecule has 0 aromatic heterocycles. The minimum Gasteiger partial charge on any atom is -0.461 e. The van der Waals surface area contributed by atoms with Crippen LogP contribution >= 0.6 is 0 Å². The van der Waals surface area contributed by atoms with Crippen LogP contribution in [0, 0.1) is 22.7 Å². The van der Waals surface area contributed by atoms with Crippen LogP contribution in [0.5, 0.6) is 0 Å². The standard InChI is InChI=1S/C18H21NO2/c19-13-15-17(20)21-16(18(15)11-5-2-6-12-18)10-9-14-7-3-1-4-8-14/h1,3-4,7-8,15-16H,2,5-6,9-12H2/t15-,16+/m1/s1. The lowest BCUT2D eigenvalue weighted by Crippen LogP contribution is -2.38. The molecule has 1 aliphatic carbocycles. The van der Waals surface area contributed by atoms with Gasteiger partial charge >= 0.3 is 5.97 Å². The van der Waals surface area contributed by atoms with Crippen LogP contribution in [0.25, 0.3) is 0 Å². The zero-order valence-corrected chi connectivity index (χ0v) is 12.3. The molecule has 1 heterocycles. The second kappa shape index (κ2) is 5.89. The number of carbonyl (C=O) groups excluding carboxylic acids is 1. The van der Waals surface area contributed by atoms with Crippen molar-refractivity contribution in [3.8, 4) is 6.07 Å². The Kier molecular flexibility index (Phi) is 3.96. The van der Waals surface area contributed by atoms with E-state index in [1.165, 1.54) is 12.0 Å². The Bertz CT molecular complexity index is 540. The van der Waals surface area contributed by atoms with Crippen LogP contribution in [0.3, 0.4) is 0 Å². The second-order valence-corrected chi connectivity index (χ2v) is 6.31. The molecule has 0 N–H and O–H groups in total. The first-order valence-corrected chi connectivity index (χ1v) is 7.90. The van der Waals surface area contributed by atoms with E-state index in [0.717, 1.165) is 38.5 Å². The molecule has 21 heavy (non-hydrogen) atoms. The van der Waals surface area contributed by atoms with Crippen molar-refractivity contribution in [2.75, 3.05) is 0 Å². The van der Waals surface area contributed by atoms with Gasteiger partial charge in [0.1, 0.15) is 6.10 Å². The van der Waals surface area contributed by atoms with Gasteiger partial charge in [0.2, 0.25) is 0 Å². The van der Waals surface area contributed by atoms with E-state index in [2.05, 4.69) is 18.2 Å². The van der Waals surface area contributed by atoms with E-state index in [1.807, 2.05) is 18.2 Å². The summed E-state index contributed by atoms with van der Waals surface area (Å²) < 4.78 is 5.62. The number of hydrogen-bond donors (Lipinski definition) is 0. The molecule has 3 nitrogen and oxygen atoms in total. The van der Waals surface area contributed by atoms with Crippen molar-refractivity contribution in [3.63, 3.8) is 0 Å². The fourth-order valence-corrected chi connectivity index (χ4v) is 4.04. The van der Waals surface area contributed by atoms with Crippen molar-refractivity contribution < 1.29 is 9.53 Å². The summed E-state index contributed by atoms with van der Waals surface area (Å²) in [6.45, 7) is 0. The van der Waals surface area contributed by atoms with Crippen LogP contribution in [-0.2, 0) is 16.0 Å². The molecule has 110 valence electrons. The van der Waals surface area contributed by atoms with E-state index in [9.17, 15) is 10.1 Å². The first-order valence-electron chi connectivity index (χ1n) is 7.90. The maximum Gasteiger partial charge on any atom is 0.324 e. The zero-order chi connectivity index (χ0) is 14.7. The maximum atomic E-state index is 12.1. The molecule has 1 spiro atoms. The molecular formula is C18H21NO2. The van der Waals surface area contributed by atoms with Gasteiger partial charge in [-0.3, -0.25) is 4.79 Å². The van der Waals surface area contributed by atoms with Crippen molar-refractivity contribution in [1.29, 1.82) is 5.26 Å². The second-order valence-electron chi connectivity index (χ2n) is 6.31. The molecule has 0 unspecified atom stereocenters. The third-order valence-electron chi connectivity index (χ3n) is 5.16. The summed E-state index contributed by atoms with van der Waals surface area (Å²) in [5.74, 6) is -0.851. The predicted molar refractivity (Wildman–Crippen MR) is 79.3 cm³/mol. The number of aryl methyl sites for hydroxylation is 1. The van der Waals surface area contributed by atoms with E-state index >= 15 is 0 Å². The predicted octanol–water partition coefficient (Wildman–Crippen LogP) is 3.63. The van der Waals surface area contributed by atoms with Crippen LogP contribution in [0.4, 0.5) is 0 Å². The van der Waals surface area contributed by atoms with E-state index in [4.69, 9.17) is 4.74 Å². The summed E-state index contributed by atoms with van der Waals surface area (Å²) in [6.07, 6.45) is 6.97. The van der Waals surface area contributed by atoms with Gasteiger partial charge in [-0.25, -0.2) is 0 Å². The zero-order valence-electron chi connectivity index (χ0n) is 12.3. The van der Waals surface area contributed by atoms with E-state index in [0.29, 0.717) is 0 Å². The Labute approximate surface area is 125 Å². The number of nitriles is 1. The third kappa shape index (κ3) is 2.55. The highest BCUT2D eigenvalue weighted by atomic mass is 16.6. The summed E-state index contributed by atoms with van der Waals surface area (Å²) in [7, 11) is 0. The third-order valence-corrected chi connectivity index (χ3v) is 5.16. The number of hydrogen-bond acceptors (Lipinski definition) is 3. The summed E-state index contributed by atoms with van der Waals surface area (Å²) in [4.78, 5) is 12.1. The lowest BCUT2D eigenvalue weighted by Gasteiger charge is -2.37. The van der Waals surface area contributed by atoms with E-state index in [1.54, 1.807) is 0 Å². The topological polar surface area (TPSA) is 50.1 Å². The molecule has 2 fully saturated rings. The normalized spacial score (nSPS) is 27.3. The lowest BCUT2D eigenvalue weighted by atomic mass is 9.63. The average molecular weight is 283 g/mol. The van der Waals surface area contributed by atoms with Crippen LogP contribution in [0.2, 0.25) is 0 Å². The van der Waals surface area contributed by atoms with E-state index < -0.39 is 5.92 Å². The van der Waals surface area contributed by atoms with Crippen molar-refractivity contribution >= 4 is 5.97 Å². The van der Waals surface area contributed by atoms with Gasteiger partial charge in [0.15, 0.2) is 5.92 Å². The molecule has 1 aliphatic heterocycles. The monoisotopic (exact) mass is 283 g/mol. The number of benzene rings is 1.